The number of nitrogens with one attached hydrogen (secondary N) is 2. The van der Waals surface area contributed by atoms with Gasteiger partial charge in [0.15, 0.2) is 15.8 Å². The summed E-state index contributed by atoms with van der Waals surface area (Å²) < 4.78 is 23.0. The maximum atomic E-state index is 12.0. The number of amides is 1. The van der Waals surface area contributed by atoms with Gasteiger partial charge in [-0.25, -0.2) is 13.4 Å². The van der Waals surface area contributed by atoms with Gasteiger partial charge in [0.05, 0.1) is 11.4 Å². The van der Waals surface area contributed by atoms with E-state index in [1.54, 1.807) is 24.3 Å². The number of aliphatic imine (C=N–C) groups is 1. The molecule has 0 aromatic heterocycles. The van der Waals surface area contributed by atoms with Crippen LogP contribution in [0, 0.1) is 0 Å². The van der Waals surface area contributed by atoms with E-state index in [2.05, 4.69) is 15.6 Å². The quantitative estimate of drug-likeness (QED) is 0.231. The molecule has 1 aromatic rings. The van der Waals surface area contributed by atoms with Crippen molar-refractivity contribution in [3.8, 4) is 0 Å². The van der Waals surface area contributed by atoms with Gasteiger partial charge in [0.25, 0.3) is 0 Å². The monoisotopic (exact) mass is 536 g/mol. The third-order valence-electron chi connectivity index (χ3n) is 4.68. The predicted molar refractivity (Wildman–Crippen MR) is 127 cm³/mol. The first-order chi connectivity index (χ1) is 13.4. The van der Waals surface area contributed by atoms with Gasteiger partial charge in [0, 0.05) is 38.9 Å². The fourth-order valence-electron chi connectivity index (χ4n) is 3.11. The molecule has 0 atom stereocenters. The van der Waals surface area contributed by atoms with Crippen LogP contribution < -0.4 is 10.6 Å². The number of rotatable bonds is 8. The molecule has 1 amide bonds. The van der Waals surface area contributed by atoms with Crippen molar-refractivity contribution in [1.82, 2.24) is 15.5 Å². The molecular weight excluding hydrogens is 503 g/mol. The van der Waals surface area contributed by atoms with Gasteiger partial charge in [0.1, 0.15) is 0 Å². The molecule has 0 bridgehead atoms. The molecule has 0 spiro atoms. The molecule has 2 N–H and O–H groups in total. The van der Waals surface area contributed by atoms with E-state index < -0.39 is 9.84 Å². The van der Waals surface area contributed by atoms with E-state index in [1.807, 2.05) is 11.8 Å². The smallest absolute Gasteiger partial charge is 0.222 e. The SMILES string of the molecule is CCNC(=NCc1ccc(S(C)(=O)=O)cc1)NCCCN1CCCCCC1=O.I. The second kappa shape index (κ2) is 13.0. The zero-order valence-electron chi connectivity index (χ0n) is 17.3. The van der Waals surface area contributed by atoms with Gasteiger partial charge >= 0.3 is 0 Å². The molecule has 1 saturated heterocycles. The highest BCUT2D eigenvalue weighted by Crippen LogP contribution is 2.12. The fraction of sp³-hybridized carbons (Fsp3) is 0.600. The maximum absolute atomic E-state index is 12.0. The van der Waals surface area contributed by atoms with Gasteiger partial charge in [-0.2, -0.15) is 0 Å². The lowest BCUT2D eigenvalue weighted by atomic mass is 10.2. The van der Waals surface area contributed by atoms with E-state index in [0.717, 1.165) is 63.4 Å². The Morgan fingerprint density at radius 3 is 2.52 bits per heavy atom. The molecule has 9 heteroatoms. The third-order valence-corrected chi connectivity index (χ3v) is 5.81. The molecule has 7 nitrogen and oxygen atoms in total. The number of sulfone groups is 1. The lowest BCUT2D eigenvalue weighted by Crippen LogP contribution is -2.39. The molecular formula is C20H33IN4O3S. The summed E-state index contributed by atoms with van der Waals surface area (Å²) in [5.74, 6) is 0.993. The molecule has 0 radical (unpaired) electrons. The molecule has 1 fully saturated rings. The van der Waals surface area contributed by atoms with Crippen LogP contribution in [0.2, 0.25) is 0 Å². The summed E-state index contributed by atoms with van der Waals surface area (Å²) in [6.45, 7) is 5.61. The molecule has 29 heavy (non-hydrogen) atoms. The van der Waals surface area contributed by atoms with Gasteiger partial charge in [0.2, 0.25) is 5.91 Å². The maximum Gasteiger partial charge on any atom is 0.222 e. The normalized spacial score (nSPS) is 15.4. The van der Waals surface area contributed by atoms with Crippen molar-refractivity contribution in [2.24, 2.45) is 4.99 Å². The van der Waals surface area contributed by atoms with Gasteiger partial charge in [-0.05, 0) is 43.9 Å². The lowest BCUT2D eigenvalue weighted by Gasteiger charge is -2.20. The van der Waals surface area contributed by atoms with E-state index in [4.69, 9.17) is 0 Å². The topological polar surface area (TPSA) is 90.9 Å². The summed E-state index contributed by atoms with van der Waals surface area (Å²) in [6.07, 6.45) is 6.00. The second-order valence-corrected chi connectivity index (χ2v) is 9.10. The lowest BCUT2D eigenvalue weighted by molar-refractivity contribution is -0.130. The van der Waals surface area contributed by atoms with E-state index in [9.17, 15) is 13.2 Å². The second-order valence-electron chi connectivity index (χ2n) is 7.08. The average Bonchev–Trinajstić information content (AvgIpc) is 2.87. The van der Waals surface area contributed by atoms with Crippen molar-refractivity contribution in [3.05, 3.63) is 29.8 Å². The van der Waals surface area contributed by atoms with Crippen molar-refractivity contribution in [2.75, 3.05) is 32.4 Å². The number of carbonyl (C=O) groups excluding carboxylic acids is 1. The highest BCUT2D eigenvalue weighted by atomic mass is 127. The molecule has 1 aliphatic heterocycles. The average molecular weight is 536 g/mol. The summed E-state index contributed by atoms with van der Waals surface area (Å²) in [4.78, 5) is 18.9. The number of benzene rings is 1. The zero-order valence-corrected chi connectivity index (χ0v) is 20.5. The van der Waals surface area contributed by atoms with Gasteiger partial charge in [-0.3, -0.25) is 4.79 Å². The van der Waals surface area contributed by atoms with Crippen molar-refractivity contribution in [2.45, 2.75) is 50.5 Å². The molecule has 1 aliphatic rings. The van der Waals surface area contributed by atoms with Crippen molar-refractivity contribution < 1.29 is 13.2 Å². The van der Waals surface area contributed by atoms with Crippen LogP contribution in [0.15, 0.2) is 34.2 Å². The number of nitrogens with zero attached hydrogens (tertiary/aromatic N) is 2. The number of carbonyl (C=O) groups is 1. The van der Waals surface area contributed by atoms with Crippen LogP contribution in [0.1, 0.15) is 44.6 Å². The van der Waals surface area contributed by atoms with E-state index in [0.29, 0.717) is 17.9 Å². The third kappa shape index (κ3) is 9.33. The van der Waals surface area contributed by atoms with Gasteiger partial charge < -0.3 is 15.5 Å². The Bertz CT molecular complexity index is 766. The molecule has 1 heterocycles. The van der Waals surface area contributed by atoms with E-state index >= 15 is 0 Å². The van der Waals surface area contributed by atoms with Gasteiger partial charge in [-0.15, -0.1) is 24.0 Å². The van der Waals surface area contributed by atoms with Gasteiger partial charge in [-0.1, -0.05) is 18.6 Å². The number of hydrogen-bond donors (Lipinski definition) is 2. The number of hydrogen-bond acceptors (Lipinski definition) is 4. The number of likely N-dealkylation sites (tertiary alicyclic amines) is 1. The Morgan fingerprint density at radius 1 is 1.14 bits per heavy atom. The van der Waals surface area contributed by atoms with E-state index in [1.165, 1.54) is 6.26 Å². The molecule has 2 rings (SSSR count). The summed E-state index contributed by atoms with van der Waals surface area (Å²) in [6, 6.07) is 6.79. The highest BCUT2D eigenvalue weighted by molar-refractivity contribution is 14.0. The van der Waals surface area contributed by atoms with E-state index in [-0.39, 0.29) is 29.9 Å². The standard InChI is InChI=1S/C20H32N4O3S.HI/c1-3-21-20(22-13-7-15-24-14-6-4-5-8-19(24)25)23-16-17-9-11-18(12-10-17)28(2,26)27;/h9-12H,3-8,13-16H2,1-2H3,(H2,21,22,23);1H. The molecule has 0 unspecified atom stereocenters. The number of guanidine groups is 1. The molecule has 164 valence electrons. The largest absolute Gasteiger partial charge is 0.357 e. The zero-order chi connectivity index (χ0) is 20.4. The van der Waals surface area contributed by atoms with Crippen LogP contribution in [0.4, 0.5) is 0 Å². The summed E-state index contributed by atoms with van der Waals surface area (Å²) in [7, 11) is -3.18. The first-order valence-electron chi connectivity index (χ1n) is 9.99. The molecule has 1 aromatic carbocycles. The van der Waals surface area contributed by atoms with Crippen LogP contribution in [-0.4, -0.2) is 57.6 Å². The van der Waals surface area contributed by atoms with Crippen LogP contribution in [0.3, 0.4) is 0 Å². The fourth-order valence-corrected chi connectivity index (χ4v) is 3.74. The summed E-state index contributed by atoms with van der Waals surface area (Å²) >= 11 is 0. The first-order valence-corrected chi connectivity index (χ1v) is 11.9. The Morgan fingerprint density at radius 2 is 1.86 bits per heavy atom. The molecule has 0 aliphatic carbocycles. The Labute approximate surface area is 191 Å². The van der Waals surface area contributed by atoms with Crippen molar-refractivity contribution >= 4 is 45.7 Å². The number of halogens is 1. The van der Waals surface area contributed by atoms with Crippen LogP contribution >= 0.6 is 24.0 Å². The van der Waals surface area contributed by atoms with Crippen molar-refractivity contribution in [1.29, 1.82) is 0 Å². The van der Waals surface area contributed by atoms with Crippen LogP contribution in [0.5, 0.6) is 0 Å². The minimum atomic E-state index is -3.18. The van der Waals surface area contributed by atoms with Crippen LogP contribution in [-0.2, 0) is 21.2 Å². The minimum Gasteiger partial charge on any atom is -0.357 e. The minimum absolute atomic E-state index is 0. The Hall–Kier alpha value is -1.36. The molecule has 0 saturated carbocycles. The Kier molecular flexibility index (Phi) is 11.6. The van der Waals surface area contributed by atoms with Crippen molar-refractivity contribution in [3.63, 3.8) is 0 Å². The first kappa shape index (κ1) is 25.7. The summed E-state index contributed by atoms with van der Waals surface area (Å²) in [5, 5.41) is 6.51. The van der Waals surface area contributed by atoms with Crippen LogP contribution in [0.25, 0.3) is 0 Å². The highest BCUT2D eigenvalue weighted by Gasteiger charge is 2.15. The predicted octanol–water partition coefficient (Wildman–Crippen LogP) is 2.56. The Balaban J connectivity index is 0.00000420. The summed E-state index contributed by atoms with van der Waals surface area (Å²) in [5.41, 5.74) is 0.944.